The quantitative estimate of drug-likeness (QED) is 0.685. The van der Waals surface area contributed by atoms with Crippen LogP contribution in [0.15, 0.2) is 42.5 Å². The highest BCUT2D eigenvalue weighted by atomic mass is 16.5. The van der Waals surface area contributed by atoms with E-state index in [1.165, 1.54) is 0 Å². The number of methoxy groups -OCH3 is 1. The van der Waals surface area contributed by atoms with Gasteiger partial charge in [0.25, 0.3) is 0 Å². The molecule has 2 aromatic rings. The van der Waals surface area contributed by atoms with E-state index >= 15 is 0 Å². The van der Waals surface area contributed by atoms with Gasteiger partial charge >= 0.3 is 0 Å². The van der Waals surface area contributed by atoms with Gasteiger partial charge in [-0.2, -0.15) is 0 Å². The molecule has 0 radical (unpaired) electrons. The number of hydrogen-bond donors (Lipinski definition) is 1. The van der Waals surface area contributed by atoms with Gasteiger partial charge in [0.05, 0.1) is 19.1 Å². The molecule has 1 saturated carbocycles. The van der Waals surface area contributed by atoms with Crippen LogP contribution in [-0.2, 0) is 4.79 Å². The van der Waals surface area contributed by atoms with Gasteiger partial charge in [-0.3, -0.25) is 14.4 Å². The van der Waals surface area contributed by atoms with Crippen LogP contribution in [0.4, 0.5) is 0 Å². The van der Waals surface area contributed by atoms with Gasteiger partial charge in [-0.25, -0.2) is 0 Å². The maximum absolute atomic E-state index is 13.2. The standard InChI is InChI=1S/C25H27NO5/c1-26-22(27)14-19(23-24(28)17-9-5-6-10-18(17)25(23)29)15-11-12-20(30-2)21(13-15)31-16-7-3-4-8-16/h5-6,9-13,16,19,23H,3-4,7-8,14H2,1-2H3,(H,26,27). The summed E-state index contributed by atoms with van der Waals surface area (Å²) in [5, 5.41) is 2.62. The molecule has 162 valence electrons. The number of Topliss-reactive ketones (excluding diaryl/α,β-unsaturated/α-hetero) is 2. The summed E-state index contributed by atoms with van der Waals surface area (Å²) in [7, 11) is 3.13. The summed E-state index contributed by atoms with van der Waals surface area (Å²) in [5.74, 6) is -1.03. The molecule has 0 saturated heterocycles. The van der Waals surface area contributed by atoms with E-state index < -0.39 is 11.8 Å². The number of benzene rings is 2. The van der Waals surface area contributed by atoms with E-state index in [2.05, 4.69) is 5.32 Å². The van der Waals surface area contributed by atoms with Gasteiger partial charge in [-0.05, 0) is 43.4 Å². The third-order valence-corrected chi connectivity index (χ3v) is 6.32. The van der Waals surface area contributed by atoms with Crippen molar-refractivity contribution in [1.82, 2.24) is 5.32 Å². The van der Waals surface area contributed by atoms with Crippen LogP contribution >= 0.6 is 0 Å². The lowest BCUT2D eigenvalue weighted by Gasteiger charge is -2.23. The number of ketones is 2. The molecule has 0 heterocycles. The van der Waals surface area contributed by atoms with Gasteiger partial charge in [0.2, 0.25) is 5.91 Å². The van der Waals surface area contributed by atoms with E-state index in [0.29, 0.717) is 22.6 Å². The molecule has 0 aromatic heterocycles. The number of fused-ring (bicyclic) bond motifs is 1. The molecule has 2 aromatic carbocycles. The molecule has 1 fully saturated rings. The fraction of sp³-hybridized carbons (Fsp3) is 0.400. The minimum atomic E-state index is -0.928. The zero-order valence-corrected chi connectivity index (χ0v) is 17.9. The third kappa shape index (κ3) is 4.07. The monoisotopic (exact) mass is 421 g/mol. The van der Waals surface area contributed by atoms with Gasteiger partial charge in [0, 0.05) is 30.5 Å². The number of carbonyl (C=O) groups is 3. The molecule has 0 spiro atoms. The molecule has 1 N–H and O–H groups in total. The van der Waals surface area contributed by atoms with E-state index in [1.807, 2.05) is 12.1 Å². The number of amides is 1. The Hall–Kier alpha value is -3.15. The van der Waals surface area contributed by atoms with E-state index in [0.717, 1.165) is 31.2 Å². The molecule has 0 bridgehead atoms. The largest absolute Gasteiger partial charge is 0.493 e. The predicted molar refractivity (Wildman–Crippen MR) is 116 cm³/mol. The topological polar surface area (TPSA) is 81.7 Å². The summed E-state index contributed by atoms with van der Waals surface area (Å²) < 4.78 is 11.7. The van der Waals surface area contributed by atoms with Crippen LogP contribution in [0.1, 0.15) is 64.3 Å². The SMILES string of the molecule is CNC(=O)CC(c1ccc(OC)c(OC2CCCC2)c1)C1C(=O)c2ccccc2C1=O. The maximum Gasteiger partial charge on any atom is 0.220 e. The highest BCUT2D eigenvalue weighted by Gasteiger charge is 2.44. The second-order valence-corrected chi connectivity index (χ2v) is 8.17. The van der Waals surface area contributed by atoms with Crippen LogP contribution in [0, 0.1) is 5.92 Å². The molecular weight excluding hydrogens is 394 g/mol. The Morgan fingerprint density at radius 2 is 1.68 bits per heavy atom. The van der Waals surface area contributed by atoms with Crippen molar-refractivity contribution in [2.45, 2.75) is 44.1 Å². The summed E-state index contributed by atoms with van der Waals surface area (Å²) in [6.45, 7) is 0. The molecule has 31 heavy (non-hydrogen) atoms. The van der Waals surface area contributed by atoms with Crippen molar-refractivity contribution in [3.8, 4) is 11.5 Å². The first kappa shape index (κ1) is 21.1. The zero-order chi connectivity index (χ0) is 22.0. The Morgan fingerprint density at radius 1 is 1.03 bits per heavy atom. The van der Waals surface area contributed by atoms with Crippen LogP contribution < -0.4 is 14.8 Å². The van der Waals surface area contributed by atoms with Gasteiger partial charge in [0.15, 0.2) is 23.1 Å². The van der Waals surface area contributed by atoms with Crippen LogP contribution in [0.25, 0.3) is 0 Å². The summed E-state index contributed by atoms with van der Waals surface area (Å²) >= 11 is 0. The number of hydrogen-bond acceptors (Lipinski definition) is 5. The Bertz CT molecular complexity index is 974. The van der Waals surface area contributed by atoms with E-state index in [1.54, 1.807) is 44.5 Å². The van der Waals surface area contributed by atoms with Crippen LogP contribution in [0.3, 0.4) is 0 Å². The molecule has 6 nitrogen and oxygen atoms in total. The first-order chi connectivity index (χ1) is 15.0. The Balaban J connectivity index is 1.72. The molecule has 2 aliphatic carbocycles. The maximum atomic E-state index is 13.2. The van der Waals surface area contributed by atoms with Gasteiger partial charge in [-0.1, -0.05) is 30.3 Å². The van der Waals surface area contributed by atoms with Crippen molar-refractivity contribution in [2.24, 2.45) is 5.92 Å². The van der Waals surface area contributed by atoms with Crippen molar-refractivity contribution in [2.75, 3.05) is 14.2 Å². The Labute approximate surface area is 181 Å². The van der Waals surface area contributed by atoms with Crippen molar-refractivity contribution >= 4 is 17.5 Å². The molecule has 1 amide bonds. The van der Waals surface area contributed by atoms with E-state index in [9.17, 15) is 14.4 Å². The molecular formula is C25H27NO5. The molecule has 2 aliphatic rings. The average molecular weight is 421 g/mol. The summed E-state index contributed by atoms with van der Waals surface area (Å²) in [6, 6.07) is 12.3. The number of carbonyl (C=O) groups excluding carboxylic acids is 3. The van der Waals surface area contributed by atoms with Crippen molar-refractivity contribution < 1.29 is 23.9 Å². The lowest BCUT2D eigenvalue weighted by atomic mass is 9.80. The van der Waals surface area contributed by atoms with Gasteiger partial charge in [-0.15, -0.1) is 0 Å². The minimum Gasteiger partial charge on any atom is -0.493 e. The highest BCUT2D eigenvalue weighted by Crippen LogP contribution is 2.41. The molecule has 6 heteroatoms. The van der Waals surface area contributed by atoms with Crippen molar-refractivity contribution in [1.29, 1.82) is 0 Å². The van der Waals surface area contributed by atoms with Gasteiger partial charge < -0.3 is 14.8 Å². The summed E-state index contributed by atoms with van der Waals surface area (Å²) in [6.07, 6.45) is 4.40. The zero-order valence-electron chi connectivity index (χ0n) is 17.9. The summed E-state index contributed by atoms with van der Waals surface area (Å²) in [4.78, 5) is 38.7. The Kier molecular flexibility index (Phi) is 6.07. The smallest absolute Gasteiger partial charge is 0.220 e. The van der Waals surface area contributed by atoms with Gasteiger partial charge in [0.1, 0.15) is 0 Å². The second kappa shape index (κ2) is 8.92. The minimum absolute atomic E-state index is 0.0296. The predicted octanol–water partition coefficient (Wildman–Crippen LogP) is 3.93. The van der Waals surface area contributed by atoms with Crippen LogP contribution in [-0.4, -0.2) is 37.7 Å². The highest BCUT2D eigenvalue weighted by molar-refractivity contribution is 6.27. The molecule has 4 rings (SSSR count). The third-order valence-electron chi connectivity index (χ3n) is 6.32. The number of ether oxygens (including phenoxy) is 2. The van der Waals surface area contributed by atoms with Crippen molar-refractivity contribution in [3.05, 3.63) is 59.2 Å². The molecule has 1 atom stereocenters. The molecule has 0 aliphatic heterocycles. The molecule has 1 unspecified atom stereocenters. The average Bonchev–Trinajstić information content (AvgIpc) is 3.39. The van der Waals surface area contributed by atoms with E-state index in [-0.39, 0.29) is 30.0 Å². The normalized spacial score (nSPS) is 17.5. The lowest BCUT2D eigenvalue weighted by Crippen LogP contribution is -2.29. The van der Waals surface area contributed by atoms with Crippen LogP contribution in [0.2, 0.25) is 0 Å². The fourth-order valence-corrected chi connectivity index (χ4v) is 4.66. The second-order valence-electron chi connectivity index (χ2n) is 8.17. The fourth-order valence-electron chi connectivity index (χ4n) is 4.66. The first-order valence-corrected chi connectivity index (χ1v) is 10.8. The number of rotatable bonds is 7. The van der Waals surface area contributed by atoms with Crippen molar-refractivity contribution in [3.63, 3.8) is 0 Å². The number of nitrogens with one attached hydrogen (secondary N) is 1. The Morgan fingerprint density at radius 3 is 2.26 bits per heavy atom. The van der Waals surface area contributed by atoms with E-state index in [4.69, 9.17) is 9.47 Å². The van der Waals surface area contributed by atoms with Crippen LogP contribution in [0.5, 0.6) is 11.5 Å². The first-order valence-electron chi connectivity index (χ1n) is 10.8. The lowest BCUT2D eigenvalue weighted by molar-refractivity contribution is -0.121. The summed E-state index contributed by atoms with van der Waals surface area (Å²) in [5.41, 5.74) is 1.57.